The van der Waals surface area contributed by atoms with E-state index in [2.05, 4.69) is 28.6 Å². The van der Waals surface area contributed by atoms with E-state index in [1.807, 2.05) is 12.4 Å². The second-order valence-electron chi connectivity index (χ2n) is 4.23. The van der Waals surface area contributed by atoms with Crippen LogP contribution < -0.4 is 10.6 Å². The quantitative estimate of drug-likeness (QED) is 0.775. The third-order valence-corrected chi connectivity index (χ3v) is 2.93. The molecule has 82 valence electrons. The van der Waals surface area contributed by atoms with Crippen molar-refractivity contribution in [1.82, 2.24) is 10.3 Å². The second kappa shape index (κ2) is 5.12. The van der Waals surface area contributed by atoms with Crippen LogP contribution in [0, 0.1) is 6.92 Å². The number of nitrogens with zero attached hydrogens (tertiary/aromatic N) is 1. The van der Waals surface area contributed by atoms with Crippen molar-refractivity contribution < 1.29 is 0 Å². The van der Waals surface area contributed by atoms with Crippen LogP contribution in [-0.2, 0) is 0 Å². The number of hydrogen-bond acceptors (Lipinski definition) is 3. The highest BCUT2D eigenvalue weighted by Crippen LogP contribution is 2.15. The van der Waals surface area contributed by atoms with Crippen LogP contribution >= 0.6 is 0 Å². The summed E-state index contributed by atoms with van der Waals surface area (Å²) < 4.78 is 0. The van der Waals surface area contributed by atoms with Gasteiger partial charge in [0.15, 0.2) is 0 Å². The first-order valence-electron chi connectivity index (χ1n) is 5.74. The van der Waals surface area contributed by atoms with Gasteiger partial charge in [-0.05, 0) is 37.9 Å². The molecule has 3 nitrogen and oxygen atoms in total. The number of rotatable bonds is 2. The third kappa shape index (κ3) is 2.93. The predicted octanol–water partition coefficient (Wildman–Crippen LogP) is 1.94. The molecule has 1 aromatic rings. The molecule has 0 aromatic carbocycles. The van der Waals surface area contributed by atoms with Crippen LogP contribution in [0.1, 0.15) is 24.8 Å². The molecule has 0 saturated carbocycles. The maximum absolute atomic E-state index is 4.10. The van der Waals surface area contributed by atoms with Crippen molar-refractivity contribution in [2.24, 2.45) is 0 Å². The SMILES string of the molecule is Cc1cnccc1NC1CCCCNC1. The molecule has 0 amide bonds. The van der Waals surface area contributed by atoms with Gasteiger partial charge >= 0.3 is 0 Å². The van der Waals surface area contributed by atoms with Gasteiger partial charge in [-0.1, -0.05) is 6.42 Å². The predicted molar refractivity (Wildman–Crippen MR) is 63.1 cm³/mol. The van der Waals surface area contributed by atoms with Gasteiger partial charge in [0, 0.05) is 30.7 Å². The maximum atomic E-state index is 4.10. The Hall–Kier alpha value is -1.09. The maximum Gasteiger partial charge on any atom is 0.0403 e. The van der Waals surface area contributed by atoms with E-state index in [9.17, 15) is 0 Å². The second-order valence-corrected chi connectivity index (χ2v) is 4.23. The first kappa shape index (κ1) is 10.4. The zero-order valence-electron chi connectivity index (χ0n) is 9.29. The normalized spacial score (nSPS) is 22.1. The van der Waals surface area contributed by atoms with E-state index in [-0.39, 0.29) is 0 Å². The van der Waals surface area contributed by atoms with Gasteiger partial charge < -0.3 is 10.6 Å². The van der Waals surface area contributed by atoms with Crippen molar-refractivity contribution in [3.05, 3.63) is 24.0 Å². The molecule has 1 saturated heterocycles. The van der Waals surface area contributed by atoms with Crippen LogP contribution in [0.3, 0.4) is 0 Å². The highest BCUT2D eigenvalue weighted by atomic mass is 15.0. The van der Waals surface area contributed by atoms with E-state index >= 15 is 0 Å². The molecule has 0 bridgehead atoms. The summed E-state index contributed by atoms with van der Waals surface area (Å²) in [7, 11) is 0. The first-order chi connectivity index (χ1) is 7.36. The van der Waals surface area contributed by atoms with E-state index < -0.39 is 0 Å². The molecule has 0 aliphatic carbocycles. The lowest BCUT2D eigenvalue weighted by molar-refractivity contribution is 0.635. The molecule has 1 aliphatic heterocycles. The third-order valence-electron chi connectivity index (χ3n) is 2.93. The molecule has 0 radical (unpaired) electrons. The molecule has 2 N–H and O–H groups in total. The van der Waals surface area contributed by atoms with Crippen molar-refractivity contribution in [2.45, 2.75) is 32.2 Å². The lowest BCUT2D eigenvalue weighted by Gasteiger charge is -2.18. The zero-order chi connectivity index (χ0) is 10.5. The summed E-state index contributed by atoms with van der Waals surface area (Å²) in [6.07, 6.45) is 7.63. The summed E-state index contributed by atoms with van der Waals surface area (Å²) in [4.78, 5) is 4.10. The zero-order valence-corrected chi connectivity index (χ0v) is 9.29. The Kier molecular flexibility index (Phi) is 3.56. The van der Waals surface area contributed by atoms with Gasteiger partial charge in [0.25, 0.3) is 0 Å². The smallest absolute Gasteiger partial charge is 0.0403 e. The summed E-state index contributed by atoms with van der Waals surface area (Å²) in [6.45, 7) is 4.33. The standard InChI is InChI=1S/C12H19N3/c1-10-8-14-7-5-12(10)15-11-4-2-3-6-13-9-11/h5,7-8,11,13H,2-4,6,9H2,1H3,(H,14,15). The monoisotopic (exact) mass is 205 g/mol. The van der Waals surface area contributed by atoms with Crippen LogP contribution in [0.15, 0.2) is 18.5 Å². The molecule has 3 heteroatoms. The summed E-state index contributed by atoms with van der Waals surface area (Å²) in [5, 5.41) is 7.05. The van der Waals surface area contributed by atoms with Crippen LogP contribution in [0.2, 0.25) is 0 Å². The molecule has 1 fully saturated rings. The molecular formula is C12H19N3. The molecule has 2 rings (SSSR count). The minimum atomic E-state index is 0.564. The highest BCUT2D eigenvalue weighted by Gasteiger charge is 2.11. The fourth-order valence-electron chi connectivity index (χ4n) is 2.00. The lowest BCUT2D eigenvalue weighted by atomic mass is 10.1. The Morgan fingerprint density at radius 3 is 3.27 bits per heavy atom. The van der Waals surface area contributed by atoms with Gasteiger partial charge in [-0.25, -0.2) is 0 Å². The Labute approximate surface area is 91.3 Å². The minimum Gasteiger partial charge on any atom is -0.381 e. The molecule has 2 heterocycles. The fraction of sp³-hybridized carbons (Fsp3) is 0.583. The largest absolute Gasteiger partial charge is 0.381 e. The van der Waals surface area contributed by atoms with Gasteiger partial charge in [0.2, 0.25) is 0 Å². The summed E-state index contributed by atoms with van der Waals surface area (Å²) >= 11 is 0. The van der Waals surface area contributed by atoms with E-state index in [0.717, 1.165) is 13.1 Å². The number of aryl methyl sites for hydroxylation is 1. The van der Waals surface area contributed by atoms with Crippen molar-refractivity contribution in [1.29, 1.82) is 0 Å². The van der Waals surface area contributed by atoms with E-state index in [1.165, 1.54) is 30.5 Å². The fourth-order valence-corrected chi connectivity index (χ4v) is 2.00. The first-order valence-corrected chi connectivity index (χ1v) is 5.74. The van der Waals surface area contributed by atoms with Crippen molar-refractivity contribution >= 4 is 5.69 Å². The molecule has 1 aromatic heterocycles. The molecule has 1 unspecified atom stereocenters. The number of aromatic nitrogens is 1. The number of hydrogen-bond donors (Lipinski definition) is 2. The number of pyridine rings is 1. The Bertz CT molecular complexity index is 303. The Balaban J connectivity index is 1.98. The average molecular weight is 205 g/mol. The Morgan fingerprint density at radius 1 is 1.47 bits per heavy atom. The van der Waals surface area contributed by atoms with Crippen LogP contribution in [0.5, 0.6) is 0 Å². The van der Waals surface area contributed by atoms with E-state index in [0.29, 0.717) is 6.04 Å². The lowest BCUT2D eigenvalue weighted by Crippen LogP contribution is -2.31. The minimum absolute atomic E-state index is 0.564. The summed E-state index contributed by atoms with van der Waals surface area (Å²) in [5.74, 6) is 0. The van der Waals surface area contributed by atoms with Crippen LogP contribution in [0.4, 0.5) is 5.69 Å². The molecule has 15 heavy (non-hydrogen) atoms. The molecule has 1 atom stereocenters. The van der Waals surface area contributed by atoms with Gasteiger partial charge in [-0.2, -0.15) is 0 Å². The Morgan fingerprint density at radius 2 is 2.40 bits per heavy atom. The topological polar surface area (TPSA) is 37.0 Å². The summed E-state index contributed by atoms with van der Waals surface area (Å²) in [5.41, 5.74) is 2.44. The van der Waals surface area contributed by atoms with Crippen LogP contribution in [0.25, 0.3) is 0 Å². The van der Waals surface area contributed by atoms with E-state index in [1.54, 1.807) is 0 Å². The van der Waals surface area contributed by atoms with Crippen LogP contribution in [-0.4, -0.2) is 24.1 Å². The van der Waals surface area contributed by atoms with Crippen molar-refractivity contribution in [2.75, 3.05) is 18.4 Å². The number of anilines is 1. The summed E-state index contributed by atoms with van der Waals surface area (Å²) in [6, 6.07) is 2.62. The van der Waals surface area contributed by atoms with Gasteiger partial charge in [0.1, 0.15) is 0 Å². The van der Waals surface area contributed by atoms with Gasteiger partial charge in [-0.15, -0.1) is 0 Å². The molecule has 1 aliphatic rings. The van der Waals surface area contributed by atoms with Crippen molar-refractivity contribution in [3.63, 3.8) is 0 Å². The molecule has 0 spiro atoms. The average Bonchev–Trinajstić information content (AvgIpc) is 2.50. The van der Waals surface area contributed by atoms with Gasteiger partial charge in [0.05, 0.1) is 0 Å². The van der Waals surface area contributed by atoms with E-state index in [4.69, 9.17) is 0 Å². The van der Waals surface area contributed by atoms with Crippen molar-refractivity contribution in [3.8, 4) is 0 Å². The number of nitrogens with one attached hydrogen (secondary N) is 2. The molecular weight excluding hydrogens is 186 g/mol. The van der Waals surface area contributed by atoms with Gasteiger partial charge in [-0.3, -0.25) is 4.98 Å². The highest BCUT2D eigenvalue weighted by molar-refractivity contribution is 5.49.